The van der Waals surface area contributed by atoms with E-state index >= 15 is 0 Å². The molecule has 3 unspecified atom stereocenters. The van der Waals surface area contributed by atoms with Crippen molar-refractivity contribution < 1.29 is 9.59 Å². The number of fused-ring (bicyclic) bond motifs is 2. The van der Waals surface area contributed by atoms with Crippen molar-refractivity contribution in [3.8, 4) is 0 Å². The highest BCUT2D eigenvalue weighted by atomic mass is 31.2. The van der Waals surface area contributed by atoms with Crippen LogP contribution in [0.1, 0.15) is 66.9 Å². The van der Waals surface area contributed by atoms with Crippen molar-refractivity contribution in [3.63, 3.8) is 0 Å². The number of benzene rings is 2. The zero-order valence-electron chi connectivity index (χ0n) is 19.9. The smallest absolute Gasteiger partial charge is 0.247 e. The molecule has 0 saturated heterocycles. The Morgan fingerprint density at radius 1 is 0.710 bits per heavy atom. The molecule has 0 N–H and O–H groups in total. The van der Waals surface area contributed by atoms with Crippen LogP contribution in [-0.4, -0.2) is 23.4 Å². The van der Waals surface area contributed by atoms with Crippen molar-refractivity contribution in [3.05, 3.63) is 80.9 Å². The molecule has 0 spiro atoms. The van der Waals surface area contributed by atoms with Crippen LogP contribution >= 0.6 is 7.26 Å². The molecule has 0 amide bonds. The molecule has 2 aromatic carbocycles. The Kier molecular flexibility index (Phi) is 5.59. The molecule has 2 aliphatic carbocycles. The van der Waals surface area contributed by atoms with Gasteiger partial charge in [0.15, 0.2) is 7.26 Å². The van der Waals surface area contributed by atoms with Crippen molar-refractivity contribution in [1.29, 1.82) is 0 Å². The van der Waals surface area contributed by atoms with Crippen molar-refractivity contribution >= 4 is 18.3 Å². The molecule has 1 fully saturated rings. The van der Waals surface area contributed by atoms with Crippen LogP contribution in [0.15, 0.2) is 36.4 Å². The Balaban J connectivity index is 1.91. The highest BCUT2D eigenvalue weighted by molar-refractivity contribution is 8.05. The highest BCUT2D eigenvalue weighted by Crippen LogP contribution is 2.71. The summed E-state index contributed by atoms with van der Waals surface area (Å²) in [5.74, 6) is 0.878. The Labute approximate surface area is 187 Å². The molecule has 31 heavy (non-hydrogen) atoms. The van der Waals surface area contributed by atoms with Gasteiger partial charge in [0.05, 0.1) is 23.5 Å². The highest BCUT2D eigenvalue weighted by Gasteiger charge is 2.62. The van der Waals surface area contributed by atoms with Crippen LogP contribution in [0.4, 0.5) is 0 Å². The number of hydrogen-bond donors (Lipinski definition) is 0. The van der Waals surface area contributed by atoms with E-state index in [-0.39, 0.29) is 16.7 Å². The first kappa shape index (κ1) is 22.2. The van der Waals surface area contributed by atoms with E-state index < -0.39 is 7.26 Å². The Morgan fingerprint density at radius 2 is 1.13 bits per heavy atom. The molecule has 1 saturated carbocycles. The number of rotatable bonds is 5. The zero-order valence-corrected chi connectivity index (χ0v) is 20.8. The van der Waals surface area contributed by atoms with Gasteiger partial charge in [-0.15, -0.1) is 0 Å². The van der Waals surface area contributed by atoms with Gasteiger partial charge in [0.25, 0.3) is 0 Å². The lowest BCUT2D eigenvalue weighted by Gasteiger charge is -2.31. The zero-order chi connectivity index (χ0) is 22.7. The summed E-state index contributed by atoms with van der Waals surface area (Å²) in [4.78, 5) is 28.8. The van der Waals surface area contributed by atoms with Gasteiger partial charge in [0.1, 0.15) is 0 Å². The standard InChI is InChI=1S/C28H34O2P/c1-16-10-18(3)25(19(4)11-16)27(29)31(7,24-15-22-8-9-23(24)14-22)28(30)26-20(5)12-17(2)13-21(26)6/h8-13,22-24H,14-15H2,1-7H3/q+1. The first-order valence-electron chi connectivity index (χ1n) is 11.3. The maximum Gasteiger partial charge on any atom is 0.307 e. The number of carbonyl (C=O) groups is 2. The molecule has 2 aromatic rings. The van der Waals surface area contributed by atoms with E-state index in [0.29, 0.717) is 11.8 Å². The molecular formula is C28H34O2P+. The van der Waals surface area contributed by atoms with Gasteiger partial charge in [-0.05, 0) is 82.6 Å². The molecule has 2 aliphatic rings. The summed E-state index contributed by atoms with van der Waals surface area (Å²) in [6, 6.07) is 8.33. The Bertz CT molecular complexity index is 1010. The molecule has 3 heteroatoms. The number of hydrogen-bond acceptors (Lipinski definition) is 2. The lowest BCUT2D eigenvalue weighted by atomic mass is 10.0. The summed E-state index contributed by atoms with van der Waals surface area (Å²) in [5, 5.41) is 0. The van der Waals surface area contributed by atoms with Crippen LogP contribution in [0.25, 0.3) is 0 Å². The fourth-order valence-electron chi connectivity index (χ4n) is 6.24. The molecule has 2 bridgehead atoms. The third-order valence-corrected chi connectivity index (χ3v) is 11.6. The predicted octanol–water partition coefficient (Wildman–Crippen LogP) is 7.13. The van der Waals surface area contributed by atoms with Crippen molar-refractivity contribution in [2.45, 2.75) is 60.0 Å². The van der Waals surface area contributed by atoms with Gasteiger partial charge in [-0.3, -0.25) is 0 Å². The monoisotopic (exact) mass is 433 g/mol. The van der Waals surface area contributed by atoms with E-state index in [0.717, 1.165) is 57.3 Å². The second kappa shape index (κ2) is 7.82. The second-order valence-electron chi connectivity index (χ2n) is 10.1. The van der Waals surface area contributed by atoms with Gasteiger partial charge in [-0.1, -0.05) is 47.5 Å². The maximum atomic E-state index is 14.4. The van der Waals surface area contributed by atoms with E-state index in [1.165, 1.54) is 0 Å². The summed E-state index contributed by atoms with van der Waals surface area (Å²) in [5.41, 5.74) is 8.24. The molecule has 3 atom stereocenters. The first-order chi connectivity index (χ1) is 14.5. The van der Waals surface area contributed by atoms with Gasteiger partial charge in [0, 0.05) is 5.92 Å². The van der Waals surface area contributed by atoms with Crippen LogP contribution in [0.5, 0.6) is 0 Å². The topological polar surface area (TPSA) is 34.1 Å². The minimum absolute atomic E-state index is 0.109. The average molecular weight is 434 g/mol. The molecule has 0 aliphatic heterocycles. The van der Waals surface area contributed by atoms with Crippen LogP contribution in [0.3, 0.4) is 0 Å². The Hall–Kier alpha value is -2.05. The normalized spacial score (nSPS) is 22.2. The molecule has 4 rings (SSSR count). The number of carbonyl (C=O) groups excluding carboxylic acids is 2. The summed E-state index contributed by atoms with van der Waals surface area (Å²) in [6.45, 7) is 14.3. The first-order valence-corrected chi connectivity index (χ1v) is 13.6. The van der Waals surface area contributed by atoms with Crippen LogP contribution in [-0.2, 0) is 0 Å². The van der Waals surface area contributed by atoms with E-state index in [2.05, 4.69) is 50.3 Å². The van der Waals surface area contributed by atoms with E-state index in [1.807, 2.05) is 34.4 Å². The van der Waals surface area contributed by atoms with Crippen LogP contribution < -0.4 is 0 Å². The van der Waals surface area contributed by atoms with E-state index in [1.54, 1.807) is 0 Å². The van der Waals surface area contributed by atoms with Crippen LogP contribution in [0, 0.1) is 53.4 Å². The molecule has 162 valence electrons. The quantitative estimate of drug-likeness (QED) is 0.371. The summed E-state index contributed by atoms with van der Waals surface area (Å²) >= 11 is 0. The maximum absolute atomic E-state index is 14.4. The average Bonchev–Trinajstić information content (AvgIpc) is 3.29. The van der Waals surface area contributed by atoms with E-state index in [4.69, 9.17) is 0 Å². The molecular weight excluding hydrogens is 399 g/mol. The minimum atomic E-state index is -2.65. The Morgan fingerprint density at radius 3 is 1.45 bits per heavy atom. The van der Waals surface area contributed by atoms with Crippen LogP contribution in [0.2, 0.25) is 0 Å². The lowest BCUT2D eigenvalue weighted by Crippen LogP contribution is -2.31. The van der Waals surface area contributed by atoms with Gasteiger partial charge in [0.2, 0.25) is 0 Å². The SMILES string of the molecule is Cc1cc(C)c(C(=O)[P+](C)(C(=O)c2c(C)cc(C)cc2C)C2CC3C=CC2C3)c(C)c1. The third kappa shape index (κ3) is 3.54. The fraction of sp³-hybridized carbons (Fsp3) is 0.429. The van der Waals surface area contributed by atoms with Crippen molar-refractivity contribution in [2.24, 2.45) is 11.8 Å². The molecule has 0 heterocycles. The number of aryl methyl sites for hydroxylation is 6. The second-order valence-corrected chi connectivity index (χ2v) is 13.7. The minimum Gasteiger partial charge on any atom is -0.247 e. The number of allylic oxidation sites excluding steroid dienone is 2. The predicted molar refractivity (Wildman–Crippen MR) is 132 cm³/mol. The summed E-state index contributed by atoms with van der Waals surface area (Å²) in [6.07, 6.45) is 6.64. The fourth-order valence-corrected chi connectivity index (χ4v) is 10.3. The summed E-state index contributed by atoms with van der Waals surface area (Å²) in [7, 11) is -2.65. The van der Waals surface area contributed by atoms with Gasteiger partial charge in [-0.25, -0.2) is 9.59 Å². The summed E-state index contributed by atoms with van der Waals surface area (Å²) < 4.78 is 0. The molecule has 2 nitrogen and oxygen atoms in total. The molecule has 0 radical (unpaired) electrons. The largest absolute Gasteiger partial charge is 0.307 e. The van der Waals surface area contributed by atoms with E-state index in [9.17, 15) is 9.59 Å². The van der Waals surface area contributed by atoms with Crippen molar-refractivity contribution in [2.75, 3.05) is 6.66 Å². The molecule has 0 aromatic heterocycles. The lowest BCUT2D eigenvalue weighted by molar-refractivity contribution is 0.104. The van der Waals surface area contributed by atoms with Gasteiger partial charge >= 0.3 is 11.0 Å². The van der Waals surface area contributed by atoms with Gasteiger partial charge < -0.3 is 0 Å². The van der Waals surface area contributed by atoms with Crippen molar-refractivity contribution in [1.82, 2.24) is 0 Å². The van der Waals surface area contributed by atoms with Gasteiger partial charge in [-0.2, -0.15) is 0 Å². The third-order valence-electron chi connectivity index (χ3n) is 7.53.